The molecule has 0 heterocycles. The van der Waals surface area contributed by atoms with Crippen molar-refractivity contribution in [1.29, 1.82) is 5.26 Å². The molecule has 0 radical (unpaired) electrons. The van der Waals surface area contributed by atoms with Gasteiger partial charge in [-0.25, -0.2) is 4.39 Å². The van der Waals surface area contributed by atoms with Crippen LogP contribution in [-0.4, -0.2) is 12.2 Å². The maximum atomic E-state index is 12.8. The summed E-state index contributed by atoms with van der Waals surface area (Å²) < 4.78 is 17.4. The zero-order chi connectivity index (χ0) is 9.14. The van der Waals surface area contributed by atoms with Gasteiger partial charge in [0.1, 0.15) is 11.8 Å². The van der Waals surface area contributed by atoms with Crippen molar-refractivity contribution in [2.75, 3.05) is 7.11 Å². The van der Waals surface area contributed by atoms with Gasteiger partial charge in [-0.2, -0.15) is 5.26 Å². The van der Waals surface area contributed by atoms with Crippen molar-refractivity contribution < 1.29 is 14.2 Å². The third-order valence-electron chi connectivity index (χ3n) is 1.39. The lowest BCUT2D eigenvalue weighted by Crippen LogP contribution is -1.89. The number of phenolic OH excluding ortho intramolecular Hbond substituents is 1. The van der Waals surface area contributed by atoms with Crippen LogP contribution >= 0.6 is 0 Å². The van der Waals surface area contributed by atoms with Crippen molar-refractivity contribution in [1.82, 2.24) is 0 Å². The second-order valence-electron chi connectivity index (χ2n) is 2.12. The summed E-state index contributed by atoms with van der Waals surface area (Å²) >= 11 is 0. The summed E-state index contributed by atoms with van der Waals surface area (Å²) in [5.41, 5.74) is -0.103. The van der Waals surface area contributed by atoms with Gasteiger partial charge in [-0.1, -0.05) is 0 Å². The molecule has 0 saturated heterocycles. The lowest BCUT2D eigenvalue weighted by Gasteiger charge is -2.02. The minimum Gasteiger partial charge on any atom is -0.506 e. The number of aromatic hydroxyl groups is 1. The van der Waals surface area contributed by atoms with Crippen molar-refractivity contribution in [2.45, 2.75) is 0 Å². The van der Waals surface area contributed by atoms with Gasteiger partial charge in [-0.15, -0.1) is 0 Å². The summed E-state index contributed by atoms with van der Waals surface area (Å²) in [7, 11) is 1.28. The van der Waals surface area contributed by atoms with Gasteiger partial charge in [-0.05, 0) is 6.07 Å². The number of rotatable bonds is 1. The highest BCUT2D eigenvalue weighted by atomic mass is 19.1. The zero-order valence-electron chi connectivity index (χ0n) is 6.34. The average molecular weight is 167 g/mol. The topological polar surface area (TPSA) is 53.2 Å². The van der Waals surface area contributed by atoms with E-state index in [-0.39, 0.29) is 17.1 Å². The molecule has 0 bridgehead atoms. The number of hydrogen-bond acceptors (Lipinski definition) is 3. The highest BCUT2D eigenvalue weighted by molar-refractivity contribution is 5.47. The molecule has 0 spiro atoms. The van der Waals surface area contributed by atoms with E-state index >= 15 is 0 Å². The normalized spacial score (nSPS) is 9.08. The first-order chi connectivity index (χ1) is 5.69. The molecule has 0 amide bonds. The fraction of sp³-hybridized carbons (Fsp3) is 0.125. The SMILES string of the molecule is COc1cc(O)c(C#N)cc1F. The monoisotopic (exact) mass is 167 g/mol. The van der Waals surface area contributed by atoms with Crippen LogP contribution in [0.2, 0.25) is 0 Å². The molecule has 0 unspecified atom stereocenters. The maximum Gasteiger partial charge on any atom is 0.166 e. The maximum absolute atomic E-state index is 12.8. The first kappa shape index (κ1) is 8.34. The van der Waals surface area contributed by atoms with Crippen molar-refractivity contribution in [3.63, 3.8) is 0 Å². The molecule has 1 N–H and O–H groups in total. The molecule has 0 aliphatic rings. The van der Waals surface area contributed by atoms with E-state index in [1.165, 1.54) is 7.11 Å². The molecule has 1 aromatic rings. The van der Waals surface area contributed by atoms with Crippen molar-refractivity contribution in [3.05, 3.63) is 23.5 Å². The number of methoxy groups -OCH3 is 1. The van der Waals surface area contributed by atoms with Gasteiger partial charge >= 0.3 is 0 Å². The molecule has 62 valence electrons. The standard InChI is InChI=1S/C8H6FNO2/c1-12-8-3-7(11)5(4-10)2-6(8)9/h2-3,11H,1H3. The lowest BCUT2D eigenvalue weighted by molar-refractivity contribution is 0.380. The molecule has 4 heteroatoms. The number of nitriles is 1. The molecule has 0 aromatic heterocycles. The molecule has 12 heavy (non-hydrogen) atoms. The third kappa shape index (κ3) is 1.30. The summed E-state index contributed by atoms with van der Waals surface area (Å²) in [5.74, 6) is -1.02. The molecule has 0 atom stereocenters. The zero-order valence-corrected chi connectivity index (χ0v) is 6.34. The van der Waals surface area contributed by atoms with Gasteiger partial charge in [0.25, 0.3) is 0 Å². The Morgan fingerprint density at radius 3 is 2.75 bits per heavy atom. The van der Waals surface area contributed by atoms with Gasteiger partial charge < -0.3 is 9.84 Å². The van der Waals surface area contributed by atoms with Gasteiger partial charge in [0.05, 0.1) is 12.7 Å². The number of hydrogen-bond donors (Lipinski definition) is 1. The summed E-state index contributed by atoms with van der Waals surface area (Å²) in [6.07, 6.45) is 0. The Bertz CT molecular complexity index is 343. The molecule has 0 aliphatic carbocycles. The number of benzene rings is 1. The highest BCUT2D eigenvalue weighted by Crippen LogP contribution is 2.25. The highest BCUT2D eigenvalue weighted by Gasteiger charge is 2.08. The van der Waals surface area contributed by atoms with Crippen LogP contribution in [0.4, 0.5) is 4.39 Å². The van der Waals surface area contributed by atoms with Gasteiger partial charge in [-0.3, -0.25) is 0 Å². The molecular formula is C8H6FNO2. The fourth-order valence-corrected chi connectivity index (χ4v) is 0.789. The summed E-state index contributed by atoms with van der Waals surface area (Å²) in [6, 6.07) is 3.63. The molecule has 0 saturated carbocycles. The van der Waals surface area contributed by atoms with E-state index in [4.69, 9.17) is 10.4 Å². The van der Waals surface area contributed by atoms with E-state index in [0.717, 1.165) is 12.1 Å². The first-order valence-corrected chi connectivity index (χ1v) is 3.15. The Morgan fingerprint density at radius 1 is 1.58 bits per heavy atom. The first-order valence-electron chi connectivity index (χ1n) is 3.15. The van der Waals surface area contributed by atoms with Crippen LogP contribution in [0.5, 0.6) is 11.5 Å². The van der Waals surface area contributed by atoms with Gasteiger partial charge in [0.15, 0.2) is 11.6 Å². The summed E-state index contributed by atoms with van der Waals surface area (Å²) in [4.78, 5) is 0. The van der Waals surface area contributed by atoms with E-state index in [1.54, 1.807) is 6.07 Å². The Labute approximate surface area is 68.6 Å². The van der Waals surface area contributed by atoms with Crippen molar-refractivity contribution in [2.24, 2.45) is 0 Å². The lowest BCUT2D eigenvalue weighted by atomic mass is 10.2. The smallest absolute Gasteiger partial charge is 0.166 e. The van der Waals surface area contributed by atoms with Crippen molar-refractivity contribution >= 4 is 0 Å². The predicted molar refractivity (Wildman–Crippen MR) is 39.3 cm³/mol. The second kappa shape index (κ2) is 3.09. The van der Waals surface area contributed by atoms with Crippen LogP contribution in [0.1, 0.15) is 5.56 Å². The largest absolute Gasteiger partial charge is 0.506 e. The minimum absolute atomic E-state index is 0.0773. The van der Waals surface area contributed by atoms with Gasteiger partial charge in [0.2, 0.25) is 0 Å². The van der Waals surface area contributed by atoms with E-state index in [0.29, 0.717) is 0 Å². The Kier molecular flexibility index (Phi) is 2.15. The second-order valence-corrected chi connectivity index (χ2v) is 2.12. The molecule has 1 rings (SSSR count). The number of halogens is 1. The molecule has 0 aliphatic heterocycles. The fourth-order valence-electron chi connectivity index (χ4n) is 0.789. The quantitative estimate of drug-likeness (QED) is 0.688. The van der Waals surface area contributed by atoms with E-state index in [9.17, 15) is 4.39 Å². The minimum atomic E-state index is -0.660. The summed E-state index contributed by atoms with van der Waals surface area (Å²) in [5, 5.41) is 17.5. The van der Waals surface area contributed by atoms with Crippen LogP contribution in [0, 0.1) is 17.1 Å². The Hall–Kier alpha value is -1.76. The number of nitrogens with zero attached hydrogens (tertiary/aromatic N) is 1. The molecular weight excluding hydrogens is 161 g/mol. The van der Waals surface area contributed by atoms with Crippen LogP contribution in [0.25, 0.3) is 0 Å². The van der Waals surface area contributed by atoms with E-state index in [2.05, 4.69) is 4.74 Å². The van der Waals surface area contributed by atoms with Gasteiger partial charge in [0, 0.05) is 6.07 Å². The van der Waals surface area contributed by atoms with E-state index in [1.807, 2.05) is 0 Å². The number of ether oxygens (including phenoxy) is 1. The number of phenols is 1. The summed E-state index contributed by atoms with van der Waals surface area (Å²) in [6.45, 7) is 0. The molecule has 0 fully saturated rings. The van der Waals surface area contributed by atoms with Crippen LogP contribution in [0.3, 0.4) is 0 Å². The van der Waals surface area contributed by atoms with Crippen LogP contribution in [0.15, 0.2) is 12.1 Å². The van der Waals surface area contributed by atoms with Crippen LogP contribution < -0.4 is 4.74 Å². The molecule has 1 aromatic carbocycles. The van der Waals surface area contributed by atoms with Crippen LogP contribution in [-0.2, 0) is 0 Å². The average Bonchev–Trinajstić information content (AvgIpc) is 2.08. The third-order valence-corrected chi connectivity index (χ3v) is 1.39. The Balaban J connectivity index is 3.28. The van der Waals surface area contributed by atoms with Crippen molar-refractivity contribution in [3.8, 4) is 17.6 Å². The van der Waals surface area contributed by atoms with E-state index < -0.39 is 5.82 Å². The Morgan fingerprint density at radius 2 is 2.25 bits per heavy atom. The predicted octanol–water partition coefficient (Wildman–Crippen LogP) is 1.41. The molecule has 3 nitrogen and oxygen atoms in total.